The lowest BCUT2D eigenvalue weighted by Gasteiger charge is -2.36. The number of benzene rings is 4. The van der Waals surface area contributed by atoms with Gasteiger partial charge in [0, 0.05) is 66.6 Å². The Bertz CT molecular complexity index is 3020. The molecule has 2 aliphatic heterocycles. The van der Waals surface area contributed by atoms with Crippen LogP contribution in [0.4, 0.5) is 5.69 Å². The van der Waals surface area contributed by atoms with E-state index in [-0.39, 0.29) is 83.5 Å². The Morgan fingerprint density at radius 1 is 0.959 bits per heavy atom. The molecule has 5 aromatic rings. The number of ether oxygens (including phenoxy) is 3. The number of pyridine rings is 1. The second-order valence-electron chi connectivity index (χ2n) is 17.7. The zero-order valence-electron chi connectivity index (χ0n) is 42.2. The molecule has 4 aromatic carbocycles. The monoisotopic (exact) mass is 995 g/mol. The number of anilines is 1. The summed E-state index contributed by atoms with van der Waals surface area (Å²) in [7, 11) is 5.30. The van der Waals surface area contributed by atoms with Crippen LogP contribution in [0.3, 0.4) is 0 Å². The number of carbonyl (C=O) groups excluding carboxylic acids is 5. The summed E-state index contributed by atoms with van der Waals surface area (Å²) in [6.07, 6.45) is 2.84. The number of rotatable bonds is 16. The van der Waals surface area contributed by atoms with Crippen LogP contribution in [-0.2, 0) is 41.6 Å². The van der Waals surface area contributed by atoms with Crippen LogP contribution in [0.5, 0.6) is 28.7 Å². The van der Waals surface area contributed by atoms with Crippen molar-refractivity contribution in [1.82, 2.24) is 20.1 Å². The van der Waals surface area contributed by atoms with Crippen molar-refractivity contribution < 1.29 is 53.5 Å². The molecule has 1 unspecified atom stereocenters. The highest BCUT2D eigenvalue weighted by Gasteiger charge is 2.50. The maximum atomic E-state index is 13.7. The summed E-state index contributed by atoms with van der Waals surface area (Å²) in [4.78, 5) is 74.3. The van der Waals surface area contributed by atoms with Gasteiger partial charge in [0.2, 0.25) is 5.60 Å². The van der Waals surface area contributed by atoms with Crippen LogP contribution in [0.25, 0.3) is 16.6 Å². The first-order valence-corrected chi connectivity index (χ1v) is 23.8. The highest BCUT2D eigenvalue weighted by atomic mass is 16.6. The van der Waals surface area contributed by atoms with E-state index in [0.717, 1.165) is 34.0 Å². The van der Waals surface area contributed by atoms with E-state index >= 15 is 0 Å². The van der Waals surface area contributed by atoms with Gasteiger partial charge < -0.3 is 44.6 Å². The molecule has 7 rings (SSSR count). The largest absolute Gasteiger partial charge is 0.508 e. The fraction of sp³-hybridized carbons (Fsp3) is 0.309. The van der Waals surface area contributed by atoms with Crippen molar-refractivity contribution in [2.75, 3.05) is 45.7 Å². The number of fused-ring (bicyclic) bond motifs is 2. The Balaban J connectivity index is 0.00000209. The molecule has 18 nitrogen and oxygen atoms in total. The van der Waals surface area contributed by atoms with Gasteiger partial charge in [-0.15, -0.1) is 0 Å². The van der Waals surface area contributed by atoms with E-state index in [0.29, 0.717) is 53.2 Å². The second kappa shape index (κ2) is 23.2. The van der Waals surface area contributed by atoms with Gasteiger partial charge in [0.25, 0.3) is 5.91 Å². The Labute approximate surface area is 423 Å². The lowest BCUT2D eigenvalue weighted by molar-refractivity contribution is -0.179. The van der Waals surface area contributed by atoms with E-state index in [9.17, 15) is 39.3 Å². The number of aromatic hydroxyl groups is 3. The summed E-state index contributed by atoms with van der Waals surface area (Å²) >= 11 is 0. The molecule has 6 N–H and O–H groups in total. The van der Waals surface area contributed by atoms with Gasteiger partial charge in [-0.05, 0) is 122 Å². The summed E-state index contributed by atoms with van der Waals surface area (Å²) in [5.41, 5.74) is 3.23. The average Bonchev–Trinajstić information content (AvgIpc) is 3.69. The standard InChI is InChI=1S/C52H52N6O11.C3H9N/c1-7-36-38-21-33(61)13-18-42(38)55-48-40(36)25-57(6)43(48)23-41-31(26-59)28-67-51(66)52(41,8-2)69-47(64)19-20-56(5)50(65)30-9-14-34(15-10-30)68-35-16-11-32(12-17-35)58(46(53)27-60)49(54)39-22-37(29(3)4)44(62)24-45(39)63;1-3-4-2/h9-18,21-24,26-27,29,53-54,61-63H,7-8,19-20,25,28H2,1-6H3;4H,3H2,1-2H3/b43-23-,53-46?,54-49?;. The molecule has 1 amide bonds. The predicted molar refractivity (Wildman–Crippen MR) is 276 cm³/mol. The van der Waals surface area contributed by atoms with Gasteiger partial charge in [-0.3, -0.25) is 34.9 Å². The molecule has 1 aromatic heterocycles. The molecule has 0 aliphatic carbocycles. The highest BCUT2D eigenvalue weighted by Crippen LogP contribution is 2.42. The fourth-order valence-corrected chi connectivity index (χ4v) is 8.58. The van der Waals surface area contributed by atoms with Gasteiger partial charge in [0.1, 0.15) is 47.5 Å². The number of aldehydes is 2. The normalized spacial score (nSPS) is 15.5. The van der Waals surface area contributed by atoms with E-state index in [1.54, 1.807) is 67.6 Å². The molecule has 18 heteroatoms. The molecular weight excluding hydrogens is 935 g/mol. The quantitative estimate of drug-likeness (QED) is 0.0239. The molecule has 0 saturated carbocycles. The van der Waals surface area contributed by atoms with Gasteiger partial charge in [0.05, 0.1) is 28.9 Å². The molecule has 382 valence electrons. The van der Waals surface area contributed by atoms with Crippen LogP contribution >= 0.6 is 0 Å². The van der Waals surface area contributed by atoms with Crippen molar-refractivity contribution >= 4 is 64.4 Å². The molecule has 73 heavy (non-hydrogen) atoms. The van der Waals surface area contributed by atoms with Crippen LogP contribution in [-0.4, -0.2) is 119 Å². The zero-order valence-corrected chi connectivity index (χ0v) is 42.2. The number of phenols is 3. The van der Waals surface area contributed by atoms with Crippen LogP contribution < -0.4 is 15.0 Å². The van der Waals surface area contributed by atoms with Gasteiger partial charge in [-0.2, -0.15) is 0 Å². The number of amides is 1. The first-order chi connectivity index (χ1) is 34.9. The lowest BCUT2D eigenvalue weighted by Crippen LogP contribution is -2.49. The van der Waals surface area contributed by atoms with Crippen LogP contribution in [0.15, 0.2) is 96.1 Å². The van der Waals surface area contributed by atoms with Gasteiger partial charge in [-0.25, -0.2) is 9.78 Å². The number of nitrogens with zero attached hydrogens (tertiary/aromatic N) is 4. The maximum Gasteiger partial charge on any atom is 0.355 e. The molecule has 3 heterocycles. The van der Waals surface area contributed by atoms with Crippen molar-refractivity contribution in [1.29, 1.82) is 10.8 Å². The number of carbonyl (C=O) groups is 5. The third kappa shape index (κ3) is 11.4. The lowest BCUT2D eigenvalue weighted by atomic mass is 9.84. The van der Waals surface area contributed by atoms with E-state index in [1.165, 1.54) is 30.1 Å². The van der Waals surface area contributed by atoms with Crippen molar-refractivity contribution in [3.05, 3.63) is 130 Å². The Morgan fingerprint density at radius 2 is 1.62 bits per heavy atom. The van der Waals surface area contributed by atoms with Gasteiger partial charge in [0.15, 0.2) is 12.1 Å². The summed E-state index contributed by atoms with van der Waals surface area (Å²) in [6.45, 7) is 10.6. The molecule has 0 saturated heterocycles. The van der Waals surface area contributed by atoms with Crippen LogP contribution in [0.2, 0.25) is 0 Å². The first-order valence-electron chi connectivity index (χ1n) is 23.8. The maximum absolute atomic E-state index is 13.7. The molecule has 1 atom stereocenters. The number of nitrogens with one attached hydrogen (secondary N) is 3. The van der Waals surface area contributed by atoms with Crippen molar-refractivity contribution in [2.45, 2.75) is 71.9 Å². The molecule has 0 spiro atoms. The Hall–Kier alpha value is -8.38. The number of hydrogen-bond acceptors (Lipinski definition) is 16. The molecule has 0 bridgehead atoms. The minimum Gasteiger partial charge on any atom is -0.508 e. The average molecular weight is 996 g/mol. The van der Waals surface area contributed by atoms with E-state index in [4.69, 9.17) is 30.0 Å². The molecule has 0 fully saturated rings. The van der Waals surface area contributed by atoms with Crippen molar-refractivity contribution in [2.24, 2.45) is 0 Å². The number of aryl methyl sites for hydroxylation is 1. The number of hydrogen-bond donors (Lipinski definition) is 6. The van der Waals surface area contributed by atoms with E-state index < -0.39 is 35.0 Å². The molecule has 2 aliphatic rings. The summed E-state index contributed by atoms with van der Waals surface area (Å²) in [5.74, 6) is -2.82. The van der Waals surface area contributed by atoms with E-state index in [1.807, 2.05) is 39.8 Å². The number of esters is 2. The summed E-state index contributed by atoms with van der Waals surface area (Å²) in [5, 5.41) is 51.9. The fourth-order valence-electron chi connectivity index (χ4n) is 8.58. The smallest absolute Gasteiger partial charge is 0.355 e. The van der Waals surface area contributed by atoms with Gasteiger partial charge in [-0.1, -0.05) is 34.6 Å². The third-order valence-electron chi connectivity index (χ3n) is 12.7. The number of aromatic nitrogens is 1. The summed E-state index contributed by atoms with van der Waals surface area (Å²) in [6, 6.07) is 20.0. The predicted octanol–water partition coefficient (Wildman–Crippen LogP) is 7.76. The summed E-state index contributed by atoms with van der Waals surface area (Å²) < 4.78 is 17.4. The molecule has 0 radical (unpaired) electrons. The van der Waals surface area contributed by atoms with Gasteiger partial charge >= 0.3 is 11.9 Å². The van der Waals surface area contributed by atoms with Crippen LogP contribution in [0.1, 0.15) is 91.7 Å². The number of amidine groups is 2. The molecular formula is C55H61N7O11. The van der Waals surface area contributed by atoms with Crippen molar-refractivity contribution in [3.8, 4) is 28.7 Å². The van der Waals surface area contributed by atoms with Crippen molar-refractivity contribution in [3.63, 3.8) is 0 Å². The highest BCUT2D eigenvalue weighted by molar-refractivity contribution is 6.41. The zero-order chi connectivity index (χ0) is 53.3. The second-order valence-corrected chi connectivity index (χ2v) is 17.7. The number of cyclic esters (lactones) is 1. The Morgan fingerprint density at radius 3 is 2.21 bits per heavy atom. The number of phenolic OH excluding ortho intramolecular Hbond substituents is 3. The SMILES string of the molecule is CCNC.CCc1c2c(nc3ccc(O)cc13)/C(=C/C1=C(C=O)COC(=O)C1(CC)OC(=O)CCN(C)C(=O)c1ccc(Oc3ccc(N(C(=N)C=O)C(=N)c4cc(C(C)C)c(O)cc4O)cc3)cc1)N(C)C2. The third-order valence-corrected chi connectivity index (χ3v) is 12.7. The van der Waals surface area contributed by atoms with Crippen LogP contribution in [0, 0.1) is 10.8 Å². The topological polar surface area (TPSA) is 256 Å². The Kier molecular flexibility index (Phi) is 17.2. The minimum atomic E-state index is -1.96. The first kappa shape index (κ1) is 54.0. The minimum absolute atomic E-state index is 0.00967. The van der Waals surface area contributed by atoms with E-state index in [2.05, 4.69) is 12.2 Å².